The molecule has 3 heteroatoms. The Bertz CT molecular complexity index is 1430. The van der Waals surface area contributed by atoms with Crippen LogP contribution in [-0.4, -0.2) is 5.97 Å². The third-order valence-corrected chi connectivity index (χ3v) is 11.1. The Hall–Kier alpha value is -3.07. The van der Waals surface area contributed by atoms with Gasteiger partial charge in [-0.1, -0.05) is 6.92 Å². The summed E-state index contributed by atoms with van der Waals surface area (Å²) in [5.74, 6) is -0.140. The summed E-state index contributed by atoms with van der Waals surface area (Å²) in [7, 11) is 0. The minimum Gasteiger partial charge on any atom is -0.460 e. The maximum absolute atomic E-state index is 12.9. The van der Waals surface area contributed by atoms with Crippen LogP contribution in [0.5, 0.6) is 0 Å². The summed E-state index contributed by atoms with van der Waals surface area (Å²) in [5, 5.41) is 0. The number of hydrogen-bond donors (Lipinski definition) is 0. The van der Waals surface area contributed by atoms with Crippen LogP contribution >= 0.6 is 0 Å². The normalized spacial score (nSPS) is 11.7. The van der Waals surface area contributed by atoms with E-state index in [0.717, 1.165) is 12.0 Å². The minimum absolute atomic E-state index is 0.140. The number of anilines is 3. The summed E-state index contributed by atoms with van der Waals surface area (Å²) in [6, 6.07) is 0. The Balaban J connectivity index is 2.47. The molecule has 0 fully saturated rings. The Morgan fingerprint density at radius 2 is 0.762 bits per heavy atom. The van der Waals surface area contributed by atoms with Gasteiger partial charge in [0.2, 0.25) is 0 Å². The van der Waals surface area contributed by atoms with Crippen molar-refractivity contribution in [1.29, 1.82) is 0 Å². The number of nitrogens with zero attached hydrogens (tertiary/aromatic N) is 1. The summed E-state index contributed by atoms with van der Waals surface area (Å²) in [5.41, 5.74) is 22.6. The zero-order valence-corrected chi connectivity index (χ0v) is 29.7. The van der Waals surface area contributed by atoms with Crippen LogP contribution in [0.4, 0.5) is 17.1 Å². The lowest BCUT2D eigenvalue weighted by Crippen LogP contribution is -2.26. The van der Waals surface area contributed by atoms with E-state index in [1.54, 1.807) is 0 Å². The van der Waals surface area contributed by atoms with Crippen molar-refractivity contribution in [3.8, 4) is 0 Å². The van der Waals surface area contributed by atoms with Gasteiger partial charge < -0.3 is 9.64 Å². The average molecular weight is 570 g/mol. The molecule has 3 aromatic rings. The average Bonchev–Trinajstić information content (AvgIpc) is 2.95. The molecule has 0 spiro atoms. The molecule has 3 aromatic carbocycles. The van der Waals surface area contributed by atoms with Crippen LogP contribution in [0, 0.1) is 102 Å². The molecule has 0 atom stereocenters. The van der Waals surface area contributed by atoms with Crippen molar-refractivity contribution in [2.24, 2.45) is 5.41 Å². The molecule has 0 heterocycles. The molecule has 0 aliphatic rings. The second kappa shape index (κ2) is 11.9. The largest absolute Gasteiger partial charge is 0.460 e. The third-order valence-electron chi connectivity index (χ3n) is 11.1. The van der Waals surface area contributed by atoms with Crippen molar-refractivity contribution in [3.05, 3.63) is 83.5 Å². The van der Waals surface area contributed by atoms with Gasteiger partial charge in [0.25, 0.3) is 0 Å². The van der Waals surface area contributed by atoms with E-state index in [1.807, 2.05) is 20.8 Å². The molecule has 0 N–H and O–H groups in total. The molecular formula is C39H55NO2. The zero-order valence-electron chi connectivity index (χ0n) is 29.7. The van der Waals surface area contributed by atoms with Gasteiger partial charge in [0.1, 0.15) is 6.61 Å². The quantitative estimate of drug-likeness (QED) is 0.265. The number of esters is 1. The highest BCUT2D eigenvalue weighted by atomic mass is 16.5. The smallest absolute Gasteiger partial charge is 0.311 e. The van der Waals surface area contributed by atoms with E-state index in [9.17, 15) is 4.79 Å². The van der Waals surface area contributed by atoms with Gasteiger partial charge in [-0.15, -0.1) is 0 Å². The van der Waals surface area contributed by atoms with Crippen molar-refractivity contribution in [2.45, 2.75) is 131 Å². The van der Waals surface area contributed by atoms with Gasteiger partial charge >= 0.3 is 5.97 Å². The van der Waals surface area contributed by atoms with Crippen molar-refractivity contribution in [1.82, 2.24) is 0 Å². The maximum atomic E-state index is 12.9. The Morgan fingerprint density at radius 1 is 0.500 bits per heavy atom. The molecule has 228 valence electrons. The molecule has 0 saturated heterocycles. The lowest BCUT2D eigenvalue weighted by Gasteiger charge is -2.37. The monoisotopic (exact) mass is 569 g/mol. The molecule has 0 saturated carbocycles. The van der Waals surface area contributed by atoms with E-state index in [1.165, 1.54) is 95.0 Å². The van der Waals surface area contributed by atoms with Crippen molar-refractivity contribution in [3.63, 3.8) is 0 Å². The van der Waals surface area contributed by atoms with Crippen LogP contribution in [0.3, 0.4) is 0 Å². The van der Waals surface area contributed by atoms with Crippen LogP contribution in [0.2, 0.25) is 0 Å². The van der Waals surface area contributed by atoms with Crippen LogP contribution in [0.25, 0.3) is 0 Å². The van der Waals surface area contributed by atoms with Crippen molar-refractivity contribution >= 4 is 23.0 Å². The van der Waals surface area contributed by atoms with E-state index in [0.29, 0.717) is 6.61 Å². The summed E-state index contributed by atoms with van der Waals surface area (Å²) in [6.07, 6.45) is 0.748. The van der Waals surface area contributed by atoms with E-state index in [-0.39, 0.29) is 5.97 Å². The summed E-state index contributed by atoms with van der Waals surface area (Å²) in [4.78, 5) is 15.5. The number of hydrogen-bond acceptors (Lipinski definition) is 3. The van der Waals surface area contributed by atoms with E-state index < -0.39 is 5.41 Å². The molecule has 3 rings (SSSR count). The number of benzene rings is 3. The molecule has 0 unspecified atom stereocenters. The standard InChI is InChI=1S/C39H55NO2/c1-18-39(16,17)38(41)42-19-34-26(8)32(14)37(33(15)27(34)9)40(35-28(10)22(4)20(2)23(5)29(35)11)36-30(12)24(6)21(3)25(7)31(36)13/h18-19H2,1-17H3. The Kier molecular flexibility index (Phi) is 9.47. The molecule has 0 aliphatic carbocycles. The van der Waals surface area contributed by atoms with Gasteiger partial charge in [-0.2, -0.15) is 0 Å². The van der Waals surface area contributed by atoms with Crippen LogP contribution in [0.1, 0.15) is 111 Å². The fourth-order valence-electron chi connectivity index (χ4n) is 6.37. The highest BCUT2D eigenvalue weighted by Gasteiger charge is 2.31. The molecule has 42 heavy (non-hydrogen) atoms. The first-order valence-electron chi connectivity index (χ1n) is 15.5. The van der Waals surface area contributed by atoms with Gasteiger partial charge in [0.15, 0.2) is 0 Å². The molecule has 0 amide bonds. The summed E-state index contributed by atoms with van der Waals surface area (Å²) in [6.45, 7) is 37.8. The first-order valence-corrected chi connectivity index (χ1v) is 15.5. The van der Waals surface area contributed by atoms with Gasteiger partial charge in [-0.3, -0.25) is 4.79 Å². The van der Waals surface area contributed by atoms with Crippen molar-refractivity contribution in [2.75, 3.05) is 4.90 Å². The van der Waals surface area contributed by atoms with Crippen molar-refractivity contribution < 1.29 is 9.53 Å². The highest BCUT2D eigenvalue weighted by Crippen LogP contribution is 2.49. The summed E-state index contributed by atoms with van der Waals surface area (Å²) < 4.78 is 5.94. The molecule has 3 nitrogen and oxygen atoms in total. The second-order valence-corrected chi connectivity index (χ2v) is 13.4. The van der Waals surface area contributed by atoms with E-state index >= 15 is 0 Å². The molecule has 0 aromatic heterocycles. The molecule has 0 aliphatic heterocycles. The first-order chi connectivity index (χ1) is 19.3. The second-order valence-electron chi connectivity index (χ2n) is 13.4. The topological polar surface area (TPSA) is 29.5 Å². The minimum atomic E-state index is -0.491. The lowest BCUT2D eigenvalue weighted by atomic mass is 9.86. The molecule has 0 radical (unpaired) electrons. The Labute approximate surface area is 256 Å². The molecule has 0 bridgehead atoms. The fraction of sp³-hybridized carbons (Fsp3) is 0.513. The van der Waals surface area contributed by atoms with Crippen LogP contribution < -0.4 is 4.90 Å². The molecular weight excluding hydrogens is 514 g/mol. The predicted octanol–water partition coefficient (Wildman–Crippen LogP) is 11.0. The zero-order chi connectivity index (χ0) is 32.2. The summed E-state index contributed by atoms with van der Waals surface area (Å²) >= 11 is 0. The van der Waals surface area contributed by atoms with Gasteiger partial charge in [0, 0.05) is 0 Å². The van der Waals surface area contributed by atoms with Crippen LogP contribution in [-0.2, 0) is 16.1 Å². The Morgan fingerprint density at radius 3 is 1.05 bits per heavy atom. The number of carbonyl (C=O) groups excluding carboxylic acids is 1. The number of carbonyl (C=O) groups is 1. The predicted molar refractivity (Wildman–Crippen MR) is 181 cm³/mol. The number of ether oxygens (including phenoxy) is 1. The number of rotatable bonds is 7. The highest BCUT2D eigenvalue weighted by molar-refractivity contribution is 5.89. The van der Waals surface area contributed by atoms with Gasteiger partial charge in [-0.25, -0.2) is 0 Å². The van der Waals surface area contributed by atoms with E-state index in [4.69, 9.17) is 4.74 Å². The lowest BCUT2D eigenvalue weighted by molar-refractivity contribution is -0.155. The SMILES string of the molecule is CCC(C)(C)C(=O)OCc1c(C)c(C)c(N(c2c(C)c(C)c(C)c(C)c2C)c2c(C)c(C)c(C)c(C)c2C)c(C)c1C. The third kappa shape index (κ3) is 5.29. The van der Waals surface area contributed by atoms with Gasteiger partial charge in [-0.05, 0) is 201 Å². The fourth-order valence-corrected chi connectivity index (χ4v) is 6.37. The van der Waals surface area contributed by atoms with Crippen LogP contribution in [0.15, 0.2) is 0 Å². The first kappa shape index (κ1) is 33.4. The van der Waals surface area contributed by atoms with Gasteiger partial charge in [0.05, 0.1) is 22.5 Å². The van der Waals surface area contributed by atoms with E-state index in [2.05, 4.69) is 102 Å². The maximum Gasteiger partial charge on any atom is 0.311 e.